The highest BCUT2D eigenvalue weighted by molar-refractivity contribution is 5.71. The van der Waals surface area contributed by atoms with E-state index >= 15 is 0 Å². The minimum Gasteiger partial charge on any atom is -0.462 e. The van der Waals surface area contributed by atoms with Gasteiger partial charge in [-0.05, 0) is 51.4 Å². The topological polar surface area (TPSA) is 78.9 Å². The van der Waals surface area contributed by atoms with Gasteiger partial charge in [0.25, 0.3) is 0 Å². The quantitative estimate of drug-likeness (QED) is 0.0261. The SMILES string of the molecule is CCCCC/C=C\C/C=C\CCCCCCCCCCCC(=O)OC(COC(=O)CCCCCCCCCC)COC(=O)CCCCCCCCCCCCCCCCCCCCCCCCCCCCCCCCCCCCC. The van der Waals surface area contributed by atoms with Crippen molar-refractivity contribution in [3.05, 3.63) is 24.3 Å². The molecule has 0 aliphatic heterocycles. The third-order valence-corrected chi connectivity index (χ3v) is 16.7. The highest BCUT2D eigenvalue weighted by Gasteiger charge is 2.19. The van der Waals surface area contributed by atoms with Crippen LogP contribution in [0.3, 0.4) is 0 Å². The number of rotatable bonds is 68. The molecule has 0 N–H and O–H groups in total. The lowest BCUT2D eigenvalue weighted by Crippen LogP contribution is -2.30. The van der Waals surface area contributed by atoms with E-state index in [-0.39, 0.29) is 31.1 Å². The van der Waals surface area contributed by atoms with Gasteiger partial charge < -0.3 is 14.2 Å². The molecule has 0 aromatic heterocycles. The largest absolute Gasteiger partial charge is 0.462 e. The summed E-state index contributed by atoms with van der Waals surface area (Å²) >= 11 is 0. The molecule has 0 amide bonds. The Bertz CT molecular complexity index is 1290. The van der Waals surface area contributed by atoms with Crippen LogP contribution in [0.2, 0.25) is 0 Å². The number of ether oxygens (including phenoxy) is 3. The lowest BCUT2D eigenvalue weighted by molar-refractivity contribution is -0.167. The number of allylic oxidation sites excluding steroid dienone is 4. The third kappa shape index (κ3) is 66.7. The van der Waals surface area contributed by atoms with Crippen LogP contribution >= 0.6 is 0 Å². The first-order valence-corrected chi connectivity index (χ1v) is 36.3. The minimum atomic E-state index is -0.769. The molecule has 1 unspecified atom stereocenters. The van der Waals surface area contributed by atoms with Crippen LogP contribution in [0.4, 0.5) is 0 Å². The Labute approximate surface area is 500 Å². The van der Waals surface area contributed by atoms with Gasteiger partial charge in [-0.1, -0.05) is 366 Å². The molecule has 80 heavy (non-hydrogen) atoms. The van der Waals surface area contributed by atoms with Gasteiger partial charge in [-0.25, -0.2) is 0 Å². The first-order chi connectivity index (χ1) is 39.5. The zero-order chi connectivity index (χ0) is 57.8. The molecule has 0 aliphatic rings. The predicted octanol–water partition coefficient (Wildman–Crippen LogP) is 25.0. The van der Waals surface area contributed by atoms with Crippen LogP contribution in [0, 0.1) is 0 Å². The number of carbonyl (C=O) groups is 3. The van der Waals surface area contributed by atoms with E-state index in [0.29, 0.717) is 19.3 Å². The van der Waals surface area contributed by atoms with E-state index in [2.05, 4.69) is 45.1 Å². The van der Waals surface area contributed by atoms with Gasteiger partial charge in [-0.3, -0.25) is 14.4 Å². The lowest BCUT2D eigenvalue weighted by atomic mass is 10.0. The van der Waals surface area contributed by atoms with E-state index in [4.69, 9.17) is 14.2 Å². The normalized spacial score (nSPS) is 12.1. The van der Waals surface area contributed by atoms with E-state index in [1.165, 1.54) is 308 Å². The Morgan fingerprint density at radius 3 is 0.713 bits per heavy atom. The summed E-state index contributed by atoms with van der Waals surface area (Å²) < 4.78 is 16.9. The van der Waals surface area contributed by atoms with Crippen LogP contribution < -0.4 is 0 Å². The number of hydrogen-bond acceptors (Lipinski definition) is 6. The second-order valence-corrected chi connectivity index (χ2v) is 24.9. The fraction of sp³-hybridized carbons (Fsp3) is 0.905. The summed E-state index contributed by atoms with van der Waals surface area (Å²) in [7, 11) is 0. The first-order valence-electron chi connectivity index (χ1n) is 36.3. The average molecular weight is 1130 g/mol. The third-order valence-electron chi connectivity index (χ3n) is 16.7. The monoisotopic (exact) mass is 1130 g/mol. The molecule has 0 aliphatic carbocycles. The minimum absolute atomic E-state index is 0.0673. The molecule has 6 nitrogen and oxygen atoms in total. The van der Waals surface area contributed by atoms with Crippen molar-refractivity contribution in [2.45, 2.75) is 419 Å². The standard InChI is InChI=1S/C74H140O6/c1-4-7-10-13-16-19-21-23-25-27-29-30-31-32-33-34-35-36-37-38-39-40-41-42-43-44-46-47-49-51-53-55-58-61-64-67-73(76)79-70-71(69-78-72(75)66-63-60-57-18-15-12-9-6-3)80-74(77)68-65-62-59-56-54-52-50-48-45-28-26-24-22-20-17-14-11-8-5-2/h17,20,24,26,71H,4-16,18-19,21-23,25,27-70H2,1-3H3/b20-17-,26-24-. The van der Waals surface area contributed by atoms with Crippen LogP contribution in [0.15, 0.2) is 24.3 Å². The number of hydrogen-bond donors (Lipinski definition) is 0. The van der Waals surface area contributed by atoms with Crippen molar-refractivity contribution < 1.29 is 28.6 Å². The van der Waals surface area contributed by atoms with Gasteiger partial charge >= 0.3 is 17.9 Å². The van der Waals surface area contributed by atoms with E-state index in [1.54, 1.807) is 0 Å². The second kappa shape index (κ2) is 69.4. The molecule has 6 heteroatoms. The molecular weight excluding hydrogens is 985 g/mol. The van der Waals surface area contributed by atoms with Crippen molar-refractivity contribution in [3.8, 4) is 0 Å². The zero-order valence-electron chi connectivity index (χ0n) is 54.4. The summed E-state index contributed by atoms with van der Waals surface area (Å²) in [5.74, 6) is -0.849. The fourth-order valence-corrected chi connectivity index (χ4v) is 11.2. The van der Waals surface area contributed by atoms with Crippen LogP contribution in [-0.4, -0.2) is 37.2 Å². The maximum Gasteiger partial charge on any atom is 0.306 e. The molecule has 0 saturated heterocycles. The number of unbranched alkanes of at least 4 members (excludes halogenated alkanes) is 53. The van der Waals surface area contributed by atoms with E-state index in [1.807, 2.05) is 0 Å². The number of esters is 3. The Morgan fingerprint density at radius 1 is 0.250 bits per heavy atom. The Balaban J connectivity index is 3.94. The molecule has 0 saturated carbocycles. The summed E-state index contributed by atoms with van der Waals surface area (Å²) in [4.78, 5) is 38.2. The molecule has 1 atom stereocenters. The molecule has 0 radical (unpaired) electrons. The van der Waals surface area contributed by atoms with Gasteiger partial charge in [0.15, 0.2) is 6.10 Å². The first kappa shape index (κ1) is 77.9. The molecule has 0 bridgehead atoms. The van der Waals surface area contributed by atoms with Gasteiger partial charge in [-0.2, -0.15) is 0 Å². The van der Waals surface area contributed by atoms with Crippen LogP contribution in [0.1, 0.15) is 412 Å². The highest BCUT2D eigenvalue weighted by Crippen LogP contribution is 2.19. The Kier molecular flexibility index (Phi) is 67.6. The van der Waals surface area contributed by atoms with Gasteiger partial charge in [0, 0.05) is 19.3 Å². The molecule has 0 aromatic rings. The molecule has 0 rings (SSSR count). The Hall–Kier alpha value is -2.11. The van der Waals surface area contributed by atoms with Gasteiger partial charge in [0.1, 0.15) is 13.2 Å². The van der Waals surface area contributed by atoms with Crippen molar-refractivity contribution in [3.63, 3.8) is 0 Å². The van der Waals surface area contributed by atoms with Crippen molar-refractivity contribution in [1.29, 1.82) is 0 Å². The second-order valence-electron chi connectivity index (χ2n) is 24.9. The predicted molar refractivity (Wildman–Crippen MR) is 349 cm³/mol. The summed E-state index contributed by atoms with van der Waals surface area (Å²) in [6.07, 6.45) is 85.4. The van der Waals surface area contributed by atoms with Gasteiger partial charge in [-0.15, -0.1) is 0 Å². The summed E-state index contributed by atoms with van der Waals surface area (Å²) in [6.45, 7) is 6.65. The highest BCUT2D eigenvalue weighted by atomic mass is 16.6. The van der Waals surface area contributed by atoms with E-state index in [0.717, 1.165) is 64.2 Å². The summed E-state index contributed by atoms with van der Waals surface area (Å²) in [6, 6.07) is 0. The number of carbonyl (C=O) groups excluding carboxylic acids is 3. The zero-order valence-corrected chi connectivity index (χ0v) is 54.4. The van der Waals surface area contributed by atoms with Crippen LogP contribution in [0.5, 0.6) is 0 Å². The smallest absolute Gasteiger partial charge is 0.306 e. The van der Waals surface area contributed by atoms with Crippen LogP contribution in [-0.2, 0) is 28.6 Å². The molecule has 0 aromatic carbocycles. The van der Waals surface area contributed by atoms with Gasteiger partial charge in [0.05, 0.1) is 0 Å². The van der Waals surface area contributed by atoms with Crippen molar-refractivity contribution >= 4 is 17.9 Å². The van der Waals surface area contributed by atoms with Crippen LogP contribution in [0.25, 0.3) is 0 Å². The average Bonchev–Trinajstić information content (AvgIpc) is 3.46. The lowest BCUT2D eigenvalue weighted by Gasteiger charge is -2.18. The van der Waals surface area contributed by atoms with Crippen molar-refractivity contribution in [1.82, 2.24) is 0 Å². The van der Waals surface area contributed by atoms with Crippen molar-refractivity contribution in [2.24, 2.45) is 0 Å². The van der Waals surface area contributed by atoms with Crippen molar-refractivity contribution in [2.75, 3.05) is 13.2 Å². The fourth-order valence-electron chi connectivity index (χ4n) is 11.2. The maximum absolute atomic E-state index is 12.9. The van der Waals surface area contributed by atoms with E-state index in [9.17, 15) is 14.4 Å². The molecule has 0 fully saturated rings. The molecule has 0 spiro atoms. The molecule has 472 valence electrons. The summed E-state index contributed by atoms with van der Waals surface area (Å²) in [5, 5.41) is 0. The molecule has 0 heterocycles. The maximum atomic E-state index is 12.9. The van der Waals surface area contributed by atoms with E-state index < -0.39 is 6.10 Å². The molecular formula is C74H140O6. The van der Waals surface area contributed by atoms with Gasteiger partial charge in [0.2, 0.25) is 0 Å². The Morgan fingerprint density at radius 2 is 0.450 bits per heavy atom. The summed E-state index contributed by atoms with van der Waals surface area (Å²) in [5.41, 5.74) is 0.